The lowest BCUT2D eigenvalue weighted by atomic mass is 10.4. The Hall–Kier alpha value is -1.79. The molecule has 0 unspecified atom stereocenters. The molecule has 7 heteroatoms. The molecule has 0 aromatic carbocycles. The minimum absolute atomic E-state index is 0.00822. The summed E-state index contributed by atoms with van der Waals surface area (Å²) in [6.45, 7) is 1.85. The van der Waals surface area contributed by atoms with Crippen molar-refractivity contribution in [1.82, 2.24) is 15.1 Å². The Morgan fingerprint density at radius 1 is 1.47 bits per heavy atom. The van der Waals surface area contributed by atoms with Crippen LogP contribution in [0.2, 0.25) is 0 Å². The fourth-order valence-corrected chi connectivity index (χ4v) is 1.54. The van der Waals surface area contributed by atoms with Crippen molar-refractivity contribution < 1.29 is 9.21 Å². The van der Waals surface area contributed by atoms with Crippen molar-refractivity contribution in [2.24, 2.45) is 0 Å². The maximum Gasteiger partial charge on any atom is 0.317 e. The van der Waals surface area contributed by atoms with Gasteiger partial charge in [-0.1, -0.05) is 10.2 Å². The first-order valence-electron chi connectivity index (χ1n) is 4.86. The first-order chi connectivity index (χ1) is 7.25. The van der Waals surface area contributed by atoms with E-state index in [1.165, 1.54) is 0 Å². The molecule has 7 nitrogen and oxygen atoms in total. The van der Waals surface area contributed by atoms with Crippen LogP contribution in [0.15, 0.2) is 4.42 Å². The number of nitrogens with two attached hydrogens (primary N) is 1. The lowest BCUT2D eigenvalue weighted by Gasteiger charge is -2.14. The van der Waals surface area contributed by atoms with Crippen molar-refractivity contribution in [2.75, 3.05) is 30.7 Å². The Bertz CT molecular complexity index is 345. The number of likely N-dealkylation sites (tertiary alicyclic amines) is 1. The zero-order valence-corrected chi connectivity index (χ0v) is 8.27. The first kappa shape index (κ1) is 9.75. The number of nitrogens with zero attached hydrogens (tertiary/aromatic N) is 3. The number of nitrogens with one attached hydrogen (secondary N) is 1. The highest BCUT2D eigenvalue weighted by molar-refractivity contribution is 5.80. The van der Waals surface area contributed by atoms with E-state index in [4.69, 9.17) is 10.2 Å². The van der Waals surface area contributed by atoms with Gasteiger partial charge in [-0.25, -0.2) is 0 Å². The highest BCUT2D eigenvalue weighted by Crippen LogP contribution is 2.09. The molecule has 1 aromatic heterocycles. The Morgan fingerprint density at radius 2 is 2.20 bits per heavy atom. The van der Waals surface area contributed by atoms with E-state index in [1.54, 1.807) is 0 Å². The van der Waals surface area contributed by atoms with E-state index in [9.17, 15) is 4.79 Å². The largest absolute Gasteiger partial charge is 0.390 e. The van der Waals surface area contributed by atoms with E-state index < -0.39 is 0 Å². The smallest absolute Gasteiger partial charge is 0.317 e. The predicted molar refractivity (Wildman–Crippen MR) is 53.0 cm³/mol. The van der Waals surface area contributed by atoms with Gasteiger partial charge in [0.25, 0.3) is 0 Å². The maximum atomic E-state index is 11.6. The van der Waals surface area contributed by atoms with Crippen LogP contribution in [-0.4, -0.2) is 40.6 Å². The third-order valence-corrected chi connectivity index (χ3v) is 2.29. The van der Waals surface area contributed by atoms with E-state index in [-0.39, 0.29) is 24.5 Å². The average molecular weight is 211 g/mol. The summed E-state index contributed by atoms with van der Waals surface area (Å²) >= 11 is 0. The van der Waals surface area contributed by atoms with Gasteiger partial charge in [0.05, 0.1) is 6.54 Å². The van der Waals surface area contributed by atoms with Crippen LogP contribution in [0, 0.1) is 0 Å². The second-order valence-electron chi connectivity index (χ2n) is 3.39. The van der Waals surface area contributed by atoms with Crippen LogP contribution in [0.5, 0.6) is 0 Å². The number of aromatic nitrogens is 2. The molecule has 2 heterocycles. The molecule has 1 fully saturated rings. The molecule has 0 radical (unpaired) electrons. The van der Waals surface area contributed by atoms with Crippen molar-refractivity contribution in [3.8, 4) is 0 Å². The molecular weight excluding hydrogens is 198 g/mol. The number of nitrogen functional groups attached to an aromatic ring is 1. The van der Waals surface area contributed by atoms with Crippen LogP contribution < -0.4 is 11.1 Å². The topological polar surface area (TPSA) is 97.3 Å². The number of carbonyl (C=O) groups excluding carboxylic acids is 1. The standard InChI is InChI=1S/C8H13N5O2/c9-7-11-12-8(15-7)10-5-6(14)13-3-1-2-4-13/h1-5H2,(H2,9,11)(H,10,12). The minimum atomic E-state index is -0.00822. The van der Waals surface area contributed by atoms with Crippen molar-refractivity contribution in [1.29, 1.82) is 0 Å². The average Bonchev–Trinajstić information content (AvgIpc) is 2.84. The molecule has 0 aliphatic carbocycles. The van der Waals surface area contributed by atoms with Gasteiger partial charge in [0.2, 0.25) is 5.91 Å². The lowest BCUT2D eigenvalue weighted by Crippen LogP contribution is -2.33. The van der Waals surface area contributed by atoms with Crippen molar-refractivity contribution in [2.45, 2.75) is 12.8 Å². The second-order valence-corrected chi connectivity index (χ2v) is 3.39. The molecule has 1 aromatic rings. The van der Waals surface area contributed by atoms with Crippen molar-refractivity contribution >= 4 is 17.9 Å². The molecular formula is C8H13N5O2. The molecule has 1 amide bonds. The molecule has 15 heavy (non-hydrogen) atoms. The van der Waals surface area contributed by atoms with E-state index >= 15 is 0 Å². The lowest BCUT2D eigenvalue weighted by molar-refractivity contribution is -0.128. The fraction of sp³-hybridized carbons (Fsp3) is 0.625. The van der Waals surface area contributed by atoms with Crippen LogP contribution in [0.3, 0.4) is 0 Å². The summed E-state index contributed by atoms with van der Waals surface area (Å²) in [5, 5.41) is 9.79. The summed E-state index contributed by atoms with van der Waals surface area (Å²) in [6.07, 6.45) is 2.17. The molecule has 82 valence electrons. The molecule has 0 spiro atoms. The summed E-state index contributed by atoms with van der Waals surface area (Å²) in [5.41, 5.74) is 5.23. The normalized spacial score (nSPS) is 15.6. The maximum absolute atomic E-state index is 11.6. The van der Waals surface area contributed by atoms with Gasteiger partial charge in [-0.3, -0.25) is 4.79 Å². The number of amides is 1. The van der Waals surface area contributed by atoms with Crippen LogP contribution >= 0.6 is 0 Å². The van der Waals surface area contributed by atoms with Crippen LogP contribution in [0.25, 0.3) is 0 Å². The molecule has 1 saturated heterocycles. The molecule has 0 saturated carbocycles. The Morgan fingerprint density at radius 3 is 2.80 bits per heavy atom. The fourth-order valence-electron chi connectivity index (χ4n) is 1.54. The van der Waals surface area contributed by atoms with E-state index in [2.05, 4.69) is 15.5 Å². The molecule has 0 atom stereocenters. The van der Waals surface area contributed by atoms with Crippen LogP contribution in [0.1, 0.15) is 12.8 Å². The molecule has 3 N–H and O–H groups in total. The third kappa shape index (κ3) is 2.36. The van der Waals surface area contributed by atoms with Crippen molar-refractivity contribution in [3.63, 3.8) is 0 Å². The summed E-state index contributed by atoms with van der Waals surface area (Å²) in [5.74, 6) is 0.0456. The van der Waals surface area contributed by atoms with Gasteiger partial charge in [0, 0.05) is 13.1 Å². The molecule has 1 aliphatic rings. The minimum Gasteiger partial charge on any atom is -0.390 e. The number of hydrogen-bond donors (Lipinski definition) is 2. The van der Waals surface area contributed by atoms with Gasteiger partial charge in [-0.15, -0.1) is 0 Å². The van der Waals surface area contributed by atoms with E-state index in [1.807, 2.05) is 4.90 Å². The summed E-state index contributed by atoms with van der Waals surface area (Å²) in [7, 11) is 0. The van der Waals surface area contributed by atoms with Gasteiger partial charge >= 0.3 is 12.0 Å². The van der Waals surface area contributed by atoms with Crippen LogP contribution in [-0.2, 0) is 4.79 Å². The van der Waals surface area contributed by atoms with Crippen molar-refractivity contribution in [3.05, 3.63) is 0 Å². The van der Waals surface area contributed by atoms with Gasteiger partial charge in [-0.05, 0) is 12.8 Å². The summed E-state index contributed by atoms with van der Waals surface area (Å²) < 4.78 is 4.87. The number of anilines is 2. The predicted octanol–water partition coefficient (Wildman–Crippen LogP) is -0.314. The Labute approximate surface area is 86.6 Å². The number of rotatable bonds is 3. The third-order valence-electron chi connectivity index (χ3n) is 2.29. The number of hydrogen-bond acceptors (Lipinski definition) is 6. The molecule has 0 bridgehead atoms. The first-order valence-corrected chi connectivity index (χ1v) is 4.86. The highest BCUT2D eigenvalue weighted by atomic mass is 16.4. The summed E-state index contributed by atoms with van der Waals surface area (Å²) in [4.78, 5) is 13.4. The summed E-state index contributed by atoms with van der Waals surface area (Å²) in [6, 6.07) is 0.172. The van der Waals surface area contributed by atoms with Crippen LogP contribution in [0.4, 0.5) is 12.0 Å². The van der Waals surface area contributed by atoms with Gasteiger partial charge in [0.15, 0.2) is 0 Å². The molecule has 1 aliphatic heterocycles. The zero-order valence-electron chi connectivity index (χ0n) is 8.27. The van der Waals surface area contributed by atoms with E-state index in [0.29, 0.717) is 0 Å². The van der Waals surface area contributed by atoms with Gasteiger partial charge in [0.1, 0.15) is 0 Å². The van der Waals surface area contributed by atoms with Gasteiger partial charge < -0.3 is 20.4 Å². The Kier molecular flexibility index (Phi) is 2.70. The number of carbonyl (C=O) groups is 1. The van der Waals surface area contributed by atoms with Gasteiger partial charge in [-0.2, -0.15) is 0 Å². The second kappa shape index (κ2) is 4.16. The monoisotopic (exact) mass is 211 g/mol. The SMILES string of the molecule is Nc1nnc(NCC(=O)N2CCCC2)o1. The van der Waals surface area contributed by atoms with E-state index in [0.717, 1.165) is 25.9 Å². The molecule has 2 rings (SSSR count). The Balaban J connectivity index is 1.80. The quantitative estimate of drug-likeness (QED) is 0.711. The zero-order chi connectivity index (χ0) is 10.7. The highest BCUT2D eigenvalue weighted by Gasteiger charge is 2.17.